The number of carboxylic acid groups (broad SMARTS) is 1. The van der Waals surface area contributed by atoms with Crippen molar-refractivity contribution >= 4 is 29.4 Å². The van der Waals surface area contributed by atoms with Crippen LogP contribution in [0.1, 0.15) is 23.0 Å². The number of anilines is 1. The fourth-order valence-corrected chi connectivity index (χ4v) is 3.03. The maximum atomic E-state index is 12.8. The van der Waals surface area contributed by atoms with Crippen molar-refractivity contribution in [1.82, 2.24) is 0 Å². The van der Waals surface area contributed by atoms with E-state index in [9.17, 15) is 14.7 Å². The van der Waals surface area contributed by atoms with Crippen LogP contribution in [0.5, 0.6) is 0 Å². The van der Waals surface area contributed by atoms with Gasteiger partial charge in [0.15, 0.2) is 0 Å². The Morgan fingerprint density at radius 2 is 1.75 bits per heavy atom. The number of carbonyl (C=O) groups is 2. The van der Waals surface area contributed by atoms with E-state index in [2.05, 4.69) is 5.10 Å². The molecule has 4 rings (SSSR count). The minimum absolute atomic E-state index is 0.154. The predicted molar refractivity (Wildman–Crippen MR) is 106 cm³/mol. The number of carbonyl (C=O) groups excluding carboxylic acids is 1. The second kappa shape index (κ2) is 7.00. The monoisotopic (exact) mass is 372 g/mol. The Labute approximate surface area is 161 Å². The van der Waals surface area contributed by atoms with Crippen molar-refractivity contribution in [2.24, 2.45) is 5.10 Å². The van der Waals surface area contributed by atoms with E-state index in [0.29, 0.717) is 34.1 Å². The molecule has 2 aromatic carbocycles. The zero-order valence-corrected chi connectivity index (χ0v) is 15.0. The molecule has 2 heterocycles. The Kier molecular flexibility index (Phi) is 4.37. The van der Waals surface area contributed by atoms with E-state index in [4.69, 9.17) is 4.42 Å². The first kappa shape index (κ1) is 17.5. The third kappa shape index (κ3) is 3.12. The number of carboxylic acids is 1. The third-order valence-corrected chi connectivity index (χ3v) is 4.40. The first-order chi connectivity index (χ1) is 13.5. The zero-order valence-electron chi connectivity index (χ0n) is 15.0. The Morgan fingerprint density at radius 1 is 1.04 bits per heavy atom. The molecule has 0 spiro atoms. The second-order valence-corrected chi connectivity index (χ2v) is 6.25. The minimum Gasteiger partial charge on any atom is -0.478 e. The molecule has 0 saturated carbocycles. The van der Waals surface area contributed by atoms with Gasteiger partial charge in [-0.15, -0.1) is 0 Å². The highest BCUT2D eigenvalue weighted by atomic mass is 16.4. The van der Waals surface area contributed by atoms with Gasteiger partial charge < -0.3 is 9.52 Å². The van der Waals surface area contributed by atoms with Crippen LogP contribution in [0.3, 0.4) is 0 Å². The summed E-state index contributed by atoms with van der Waals surface area (Å²) < 4.78 is 5.79. The molecule has 6 heteroatoms. The molecule has 28 heavy (non-hydrogen) atoms. The van der Waals surface area contributed by atoms with E-state index < -0.39 is 5.97 Å². The molecular weight excluding hydrogens is 356 g/mol. The van der Waals surface area contributed by atoms with Crippen LogP contribution in [0.15, 0.2) is 81.8 Å². The lowest BCUT2D eigenvalue weighted by molar-refractivity contribution is -0.114. The second-order valence-electron chi connectivity index (χ2n) is 6.25. The highest BCUT2D eigenvalue weighted by molar-refractivity contribution is 6.32. The molecule has 3 aromatic rings. The fraction of sp³-hybridized carbons (Fsp3) is 0.0455. The Balaban J connectivity index is 1.66. The summed E-state index contributed by atoms with van der Waals surface area (Å²) in [6.07, 6.45) is 1.62. The number of hydrazone groups is 1. The van der Waals surface area contributed by atoms with E-state index >= 15 is 0 Å². The lowest BCUT2D eigenvalue weighted by Crippen LogP contribution is -2.21. The van der Waals surface area contributed by atoms with Gasteiger partial charge in [-0.3, -0.25) is 4.79 Å². The van der Waals surface area contributed by atoms with Crippen LogP contribution in [0.4, 0.5) is 5.69 Å². The minimum atomic E-state index is -1.03. The summed E-state index contributed by atoms with van der Waals surface area (Å²) in [7, 11) is 0. The molecule has 138 valence electrons. The van der Waals surface area contributed by atoms with Crippen molar-refractivity contribution in [3.8, 4) is 11.3 Å². The lowest BCUT2D eigenvalue weighted by atomic mass is 10.1. The maximum Gasteiger partial charge on any atom is 0.336 e. The number of rotatable bonds is 4. The highest BCUT2D eigenvalue weighted by Crippen LogP contribution is 2.29. The van der Waals surface area contributed by atoms with Gasteiger partial charge in [-0.2, -0.15) is 10.1 Å². The average Bonchev–Trinajstić information content (AvgIpc) is 3.29. The standard InChI is InChI=1S/C22H16N2O4/c1-14-19(21(25)24(23-14)15-7-3-2-4-8-15)13-16-11-12-20(28-16)17-9-5-6-10-18(17)22(26)27/h2-13H,1H3,(H,26,27)/b19-13-. The van der Waals surface area contributed by atoms with Crippen molar-refractivity contribution < 1.29 is 19.1 Å². The van der Waals surface area contributed by atoms with Gasteiger partial charge in [0.25, 0.3) is 5.91 Å². The quantitative estimate of drug-likeness (QED) is 0.686. The highest BCUT2D eigenvalue weighted by Gasteiger charge is 2.29. The number of hydrogen-bond acceptors (Lipinski definition) is 4. The van der Waals surface area contributed by atoms with E-state index in [1.807, 2.05) is 30.3 Å². The third-order valence-electron chi connectivity index (χ3n) is 4.40. The molecule has 1 aliphatic heterocycles. The topological polar surface area (TPSA) is 83.1 Å². The van der Waals surface area contributed by atoms with Crippen molar-refractivity contribution in [3.63, 3.8) is 0 Å². The molecule has 0 unspecified atom stereocenters. The zero-order chi connectivity index (χ0) is 19.7. The number of nitrogens with zero attached hydrogens (tertiary/aromatic N) is 2. The van der Waals surface area contributed by atoms with E-state index in [0.717, 1.165) is 0 Å². The summed E-state index contributed by atoms with van der Waals surface area (Å²) in [5.41, 5.74) is 2.33. The molecule has 0 radical (unpaired) electrons. The summed E-state index contributed by atoms with van der Waals surface area (Å²) in [5, 5.41) is 15.0. The summed E-state index contributed by atoms with van der Waals surface area (Å²) in [6.45, 7) is 1.76. The molecule has 1 aromatic heterocycles. The van der Waals surface area contributed by atoms with E-state index in [-0.39, 0.29) is 11.5 Å². The number of amides is 1. The van der Waals surface area contributed by atoms with Crippen LogP contribution in [-0.4, -0.2) is 22.7 Å². The molecule has 0 aliphatic carbocycles. The van der Waals surface area contributed by atoms with Crippen molar-refractivity contribution in [1.29, 1.82) is 0 Å². The SMILES string of the molecule is CC1=NN(c2ccccc2)C(=O)/C1=C\c1ccc(-c2ccccc2C(=O)O)o1. The van der Waals surface area contributed by atoms with Crippen LogP contribution in [0.25, 0.3) is 17.4 Å². The summed E-state index contributed by atoms with van der Waals surface area (Å²) in [4.78, 5) is 24.2. The maximum absolute atomic E-state index is 12.8. The van der Waals surface area contributed by atoms with E-state index in [1.54, 1.807) is 43.3 Å². The molecule has 0 fully saturated rings. The number of aromatic carboxylic acids is 1. The van der Waals surface area contributed by atoms with Crippen molar-refractivity contribution in [3.05, 3.63) is 83.6 Å². The summed E-state index contributed by atoms with van der Waals surface area (Å²) in [6, 6.07) is 19.2. The van der Waals surface area contributed by atoms with Gasteiger partial charge in [-0.1, -0.05) is 36.4 Å². The van der Waals surface area contributed by atoms with Crippen LogP contribution in [0.2, 0.25) is 0 Å². The van der Waals surface area contributed by atoms with Gasteiger partial charge in [-0.25, -0.2) is 4.79 Å². The number of benzene rings is 2. The van der Waals surface area contributed by atoms with Crippen molar-refractivity contribution in [2.75, 3.05) is 5.01 Å². The van der Waals surface area contributed by atoms with Gasteiger partial charge in [0.2, 0.25) is 0 Å². The number of furan rings is 1. The first-order valence-corrected chi connectivity index (χ1v) is 8.64. The average molecular weight is 372 g/mol. The fourth-order valence-electron chi connectivity index (χ4n) is 3.03. The lowest BCUT2D eigenvalue weighted by Gasteiger charge is -2.10. The molecule has 1 amide bonds. The molecule has 0 atom stereocenters. The summed E-state index contributed by atoms with van der Waals surface area (Å²) >= 11 is 0. The van der Waals surface area contributed by atoms with Gasteiger partial charge in [-0.05, 0) is 43.3 Å². The van der Waals surface area contributed by atoms with Crippen LogP contribution < -0.4 is 5.01 Å². The predicted octanol–water partition coefficient (Wildman–Crippen LogP) is 4.45. The van der Waals surface area contributed by atoms with Gasteiger partial charge in [0.1, 0.15) is 11.5 Å². The van der Waals surface area contributed by atoms with Gasteiger partial charge >= 0.3 is 5.97 Å². The molecular formula is C22H16N2O4. The van der Waals surface area contributed by atoms with Crippen molar-refractivity contribution in [2.45, 2.75) is 6.92 Å². The molecule has 1 aliphatic rings. The number of hydrogen-bond donors (Lipinski definition) is 1. The Hall–Kier alpha value is -3.93. The van der Waals surface area contributed by atoms with Crippen LogP contribution in [0, 0.1) is 0 Å². The number of para-hydroxylation sites is 1. The largest absolute Gasteiger partial charge is 0.478 e. The molecule has 6 nitrogen and oxygen atoms in total. The van der Waals surface area contributed by atoms with Crippen LogP contribution in [-0.2, 0) is 4.79 Å². The molecule has 0 bridgehead atoms. The molecule has 1 N–H and O–H groups in total. The normalized spacial score (nSPS) is 15.2. The smallest absolute Gasteiger partial charge is 0.336 e. The van der Waals surface area contributed by atoms with Gasteiger partial charge in [0, 0.05) is 5.56 Å². The molecule has 0 saturated heterocycles. The van der Waals surface area contributed by atoms with Crippen LogP contribution >= 0.6 is 0 Å². The Bertz CT molecular complexity index is 1130. The van der Waals surface area contributed by atoms with Gasteiger partial charge in [0.05, 0.1) is 22.5 Å². The first-order valence-electron chi connectivity index (χ1n) is 8.64. The Morgan fingerprint density at radius 3 is 2.50 bits per heavy atom. The van der Waals surface area contributed by atoms with E-state index in [1.165, 1.54) is 11.1 Å². The summed E-state index contributed by atoms with van der Waals surface area (Å²) in [5.74, 6) is -0.403.